The highest BCUT2D eigenvalue weighted by molar-refractivity contribution is 8.02. The Labute approximate surface area is 225 Å². The van der Waals surface area contributed by atoms with Gasteiger partial charge in [0.25, 0.3) is 5.91 Å². The van der Waals surface area contributed by atoms with E-state index in [1.807, 2.05) is 30.3 Å². The molecule has 7 nitrogen and oxygen atoms in total. The minimum absolute atomic E-state index is 0.167. The number of halogens is 1. The molecule has 0 saturated carbocycles. The van der Waals surface area contributed by atoms with Gasteiger partial charge in [-0.05, 0) is 37.0 Å². The zero-order valence-corrected chi connectivity index (χ0v) is 21.8. The number of rotatable bonds is 9. The van der Waals surface area contributed by atoms with Crippen LogP contribution in [-0.4, -0.2) is 68.1 Å². The Kier molecular flexibility index (Phi) is 7.09. The van der Waals surface area contributed by atoms with E-state index in [-0.39, 0.29) is 30.2 Å². The van der Waals surface area contributed by atoms with Gasteiger partial charge in [0, 0.05) is 11.8 Å². The van der Waals surface area contributed by atoms with Crippen molar-refractivity contribution < 1.29 is 24.6 Å². The number of para-hydroxylation sites is 1. The highest BCUT2D eigenvalue weighted by Crippen LogP contribution is 2.66. The molecule has 2 aromatic carbocycles. The summed E-state index contributed by atoms with van der Waals surface area (Å²) in [5, 5.41) is 20.7. The van der Waals surface area contributed by atoms with Gasteiger partial charge in [0.05, 0.1) is 39.9 Å². The van der Waals surface area contributed by atoms with Crippen molar-refractivity contribution in [3.05, 3.63) is 77.8 Å². The molecule has 3 aliphatic rings. The SMILES string of the molecule is C=CCN(C(=O)C1N([C@@H](CO)Cc2ccccc2)C(=O)[C@@H]2[C@H](C(=O)O)[C@@H]3CCC12S3)c1ccccc1Cl. The maximum atomic E-state index is 14.5. The molecule has 0 radical (unpaired) electrons. The average Bonchev–Trinajstić information content (AvgIpc) is 3.54. The largest absolute Gasteiger partial charge is 0.481 e. The first kappa shape index (κ1) is 25.8. The normalized spacial score (nSPS) is 28.7. The molecule has 2 unspecified atom stereocenters. The number of carbonyl (C=O) groups excluding carboxylic acids is 2. The van der Waals surface area contributed by atoms with Crippen molar-refractivity contribution in [3.8, 4) is 0 Å². The molecule has 6 atom stereocenters. The van der Waals surface area contributed by atoms with E-state index in [0.29, 0.717) is 30.0 Å². The van der Waals surface area contributed by atoms with Crippen molar-refractivity contribution in [3.63, 3.8) is 0 Å². The Hall–Kier alpha value is -2.81. The van der Waals surface area contributed by atoms with Gasteiger partial charge in [-0.3, -0.25) is 14.4 Å². The molecule has 0 aliphatic carbocycles. The average molecular weight is 541 g/mol. The number of aliphatic hydroxyl groups excluding tert-OH is 1. The number of nitrogens with zero attached hydrogens (tertiary/aromatic N) is 2. The van der Waals surface area contributed by atoms with Crippen molar-refractivity contribution >= 4 is 46.8 Å². The molecule has 37 heavy (non-hydrogen) atoms. The van der Waals surface area contributed by atoms with Gasteiger partial charge in [-0.2, -0.15) is 0 Å². The first-order valence-corrected chi connectivity index (χ1v) is 13.6. The van der Waals surface area contributed by atoms with Gasteiger partial charge in [0.1, 0.15) is 6.04 Å². The fourth-order valence-electron chi connectivity index (χ4n) is 6.44. The van der Waals surface area contributed by atoms with E-state index in [9.17, 15) is 24.6 Å². The van der Waals surface area contributed by atoms with Crippen LogP contribution in [0.1, 0.15) is 18.4 Å². The third-order valence-electron chi connectivity index (χ3n) is 7.90. The molecule has 2 N–H and O–H groups in total. The summed E-state index contributed by atoms with van der Waals surface area (Å²) in [4.78, 5) is 44.0. The highest BCUT2D eigenvalue weighted by atomic mass is 35.5. The summed E-state index contributed by atoms with van der Waals surface area (Å²) >= 11 is 7.96. The van der Waals surface area contributed by atoms with Crippen LogP contribution in [0.25, 0.3) is 0 Å². The molecule has 3 saturated heterocycles. The van der Waals surface area contributed by atoms with E-state index >= 15 is 0 Å². The summed E-state index contributed by atoms with van der Waals surface area (Å²) in [5.41, 5.74) is 1.41. The number of aliphatic hydroxyl groups is 1. The summed E-state index contributed by atoms with van der Waals surface area (Å²) < 4.78 is -0.882. The maximum Gasteiger partial charge on any atom is 0.308 e. The summed E-state index contributed by atoms with van der Waals surface area (Å²) in [7, 11) is 0. The molecule has 3 aliphatic heterocycles. The molecule has 3 heterocycles. The Morgan fingerprint density at radius 2 is 1.92 bits per heavy atom. The molecule has 2 amide bonds. The van der Waals surface area contributed by atoms with Gasteiger partial charge in [-0.25, -0.2) is 0 Å². The van der Waals surface area contributed by atoms with Crippen LogP contribution in [0, 0.1) is 11.8 Å². The number of carboxylic acid groups (broad SMARTS) is 1. The number of fused-ring (bicyclic) bond motifs is 1. The fraction of sp³-hybridized carbons (Fsp3) is 0.393. The Morgan fingerprint density at radius 1 is 1.22 bits per heavy atom. The number of hydrogen-bond donors (Lipinski definition) is 2. The highest BCUT2D eigenvalue weighted by Gasteiger charge is 2.74. The molecule has 9 heteroatoms. The van der Waals surface area contributed by atoms with Crippen LogP contribution in [0.4, 0.5) is 5.69 Å². The van der Waals surface area contributed by atoms with Gasteiger partial charge in [0.2, 0.25) is 5.91 Å². The number of anilines is 1. The molecule has 2 aromatic rings. The predicted octanol–water partition coefficient (Wildman–Crippen LogP) is 3.64. The molecule has 5 rings (SSSR count). The number of carboxylic acids is 1. The monoisotopic (exact) mass is 540 g/mol. The summed E-state index contributed by atoms with van der Waals surface area (Å²) in [6.07, 6.45) is 3.13. The zero-order valence-electron chi connectivity index (χ0n) is 20.2. The predicted molar refractivity (Wildman–Crippen MR) is 144 cm³/mol. The van der Waals surface area contributed by atoms with Gasteiger partial charge < -0.3 is 20.0 Å². The summed E-state index contributed by atoms with van der Waals surface area (Å²) in [5.74, 6) is -3.41. The zero-order chi connectivity index (χ0) is 26.3. The summed E-state index contributed by atoms with van der Waals surface area (Å²) in [6, 6.07) is 14.8. The van der Waals surface area contributed by atoms with Crippen LogP contribution < -0.4 is 4.90 Å². The van der Waals surface area contributed by atoms with Crippen LogP contribution in [0.2, 0.25) is 5.02 Å². The van der Waals surface area contributed by atoms with E-state index in [0.717, 1.165) is 5.56 Å². The standard InChI is InChI=1S/C28H29ClN2O5S/c1-2-14-30(20-11-7-6-10-19(20)29)26(34)24-28-13-12-21(37-28)22(27(35)36)23(28)25(33)31(24)18(16-32)15-17-8-4-3-5-9-17/h2-11,18,21-24,32H,1,12-16H2,(H,35,36)/t18-,21+,22-,23+,24?,28?/m1/s1. The van der Waals surface area contributed by atoms with Crippen molar-refractivity contribution in [1.29, 1.82) is 0 Å². The number of thioether (sulfide) groups is 1. The molecular weight excluding hydrogens is 512 g/mol. The van der Waals surface area contributed by atoms with Crippen LogP contribution >= 0.6 is 23.4 Å². The van der Waals surface area contributed by atoms with Crippen LogP contribution in [0.3, 0.4) is 0 Å². The van der Waals surface area contributed by atoms with E-state index in [2.05, 4.69) is 6.58 Å². The van der Waals surface area contributed by atoms with Crippen LogP contribution in [0.15, 0.2) is 67.3 Å². The lowest BCUT2D eigenvalue weighted by Gasteiger charge is -2.39. The number of hydrogen-bond acceptors (Lipinski definition) is 5. The third-order valence-corrected chi connectivity index (χ3v) is 10.2. The lowest BCUT2D eigenvalue weighted by atomic mass is 9.71. The van der Waals surface area contributed by atoms with Crippen molar-refractivity contribution in [2.45, 2.75) is 41.3 Å². The maximum absolute atomic E-state index is 14.5. The van der Waals surface area contributed by atoms with Crippen LogP contribution in [0.5, 0.6) is 0 Å². The lowest BCUT2D eigenvalue weighted by Crippen LogP contribution is -2.58. The quantitative estimate of drug-likeness (QED) is 0.471. The number of carbonyl (C=O) groups is 3. The number of amides is 2. The molecule has 0 aromatic heterocycles. The Morgan fingerprint density at radius 3 is 2.57 bits per heavy atom. The second-order valence-electron chi connectivity index (χ2n) is 9.85. The smallest absolute Gasteiger partial charge is 0.308 e. The topological polar surface area (TPSA) is 98.2 Å². The second-order valence-corrected chi connectivity index (χ2v) is 11.9. The molecule has 2 bridgehead atoms. The molecule has 1 spiro atoms. The lowest BCUT2D eigenvalue weighted by molar-refractivity contribution is -0.149. The van der Waals surface area contributed by atoms with Crippen molar-refractivity contribution in [2.75, 3.05) is 18.1 Å². The van der Waals surface area contributed by atoms with E-state index in [4.69, 9.17) is 11.6 Å². The minimum Gasteiger partial charge on any atom is -0.481 e. The van der Waals surface area contributed by atoms with Gasteiger partial charge in [-0.1, -0.05) is 60.1 Å². The Bertz CT molecular complexity index is 1230. The van der Waals surface area contributed by atoms with E-state index in [1.54, 1.807) is 30.3 Å². The molecular formula is C28H29ClN2O5S. The van der Waals surface area contributed by atoms with E-state index < -0.39 is 34.6 Å². The third kappa shape index (κ3) is 4.15. The van der Waals surface area contributed by atoms with E-state index in [1.165, 1.54) is 21.6 Å². The first-order valence-electron chi connectivity index (χ1n) is 12.4. The minimum atomic E-state index is -1.01. The first-order chi connectivity index (χ1) is 17.8. The van der Waals surface area contributed by atoms with Gasteiger partial charge >= 0.3 is 5.97 Å². The van der Waals surface area contributed by atoms with Crippen molar-refractivity contribution in [2.24, 2.45) is 11.8 Å². The number of benzene rings is 2. The summed E-state index contributed by atoms with van der Waals surface area (Å²) in [6.45, 7) is 3.63. The fourth-order valence-corrected chi connectivity index (χ4v) is 8.87. The van der Waals surface area contributed by atoms with Gasteiger partial charge in [0.15, 0.2) is 0 Å². The van der Waals surface area contributed by atoms with Gasteiger partial charge in [-0.15, -0.1) is 18.3 Å². The number of likely N-dealkylation sites (tertiary alicyclic amines) is 1. The Balaban J connectivity index is 1.62. The van der Waals surface area contributed by atoms with Crippen LogP contribution in [-0.2, 0) is 20.8 Å². The molecule has 3 fully saturated rings. The molecule has 194 valence electrons. The van der Waals surface area contributed by atoms with Crippen molar-refractivity contribution in [1.82, 2.24) is 4.90 Å². The number of aliphatic carboxylic acids is 1. The second kappa shape index (κ2) is 10.2.